The minimum Gasteiger partial charge on any atom is -0.494 e. The number of rotatable bonds is 5. The maximum Gasteiger partial charge on any atom is 0.119 e. The molecule has 102 valence electrons. The van der Waals surface area contributed by atoms with Crippen molar-refractivity contribution in [1.82, 2.24) is 5.43 Å². The Hall–Kier alpha value is -0.400. The molecule has 0 aliphatic heterocycles. The number of benzene rings is 1. The van der Waals surface area contributed by atoms with E-state index in [4.69, 9.17) is 10.6 Å². The lowest BCUT2D eigenvalue weighted by Crippen LogP contribution is -2.28. The van der Waals surface area contributed by atoms with Crippen molar-refractivity contribution in [2.24, 2.45) is 5.84 Å². The van der Waals surface area contributed by atoms with Crippen molar-refractivity contribution >= 4 is 43.2 Å². The molecule has 0 amide bonds. The summed E-state index contributed by atoms with van der Waals surface area (Å²) in [5.74, 6) is 6.57. The van der Waals surface area contributed by atoms with E-state index in [-0.39, 0.29) is 6.04 Å². The lowest BCUT2D eigenvalue weighted by molar-refractivity contribution is 0.339. The second-order valence-electron chi connectivity index (χ2n) is 3.88. The molecule has 1 heterocycles. The summed E-state index contributed by atoms with van der Waals surface area (Å²) >= 11 is 8.68. The standard InChI is InChI=1S/C13H14Br2N2OS/c1-2-18-9-5-3-4-8(6-9)12(17-16)10-7-11(14)19-13(10)15/h3-7,12,17H,2,16H2,1H3. The summed E-state index contributed by atoms with van der Waals surface area (Å²) in [5.41, 5.74) is 5.03. The topological polar surface area (TPSA) is 47.3 Å². The fourth-order valence-electron chi connectivity index (χ4n) is 1.87. The summed E-state index contributed by atoms with van der Waals surface area (Å²) in [4.78, 5) is 0. The van der Waals surface area contributed by atoms with E-state index in [0.29, 0.717) is 6.61 Å². The van der Waals surface area contributed by atoms with Gasteiger partial charge in [-0.2, -0.15) is 0 Å². The van der Waals surface area contributed by atoms with Crippen molar-refractivity contribution in [1.29, 1.82) is 0 Å². The highest BCUT2D eigenvalue weighted by atomic mass is 79.9. The van der Waals surface area contributed by atoms with Gasteiger partial charge in [0.1, 0.15) is 5.75 Å². The first-order chi connectivity index (χ1) is 9.15. The lowest BCUT2D eigenvalue weighted by Gasteiger charge is -2.17. The fourth-order valence-corrected chi connectivity index (χ4v) is 4.77. The number of hydrogen-bond donors (Lipinski definition) is 2. The van der Waals surface area contributed by atoms with E-state index >= 15 is 0 Å². The van der Waals surface area contributed by atoms with Gasteiger partial charge in [-0.05, 0) is 62.5 Å². The Morgan fingerprint density at radius 1 is 1.37 bits per heavy atom. The van der Waals surface area contributed by atoms with E-state index in [1.807, 2.05) is 31.2 Å². The predicted octanol–water partition coefficient (Wildman–Crippen LogP) is 4.22. The third-order valence-corrected chi connectivity index (χ3v) is 5.05. The van der Waals surface area contributed by atoms with Crippen LogP contribution in [0.25, 0.3) is 0 Å². The number of ether oxygens (including phenoxy) is 1. The van der Waals surface area contributed by atoms with Crippen LogP contribution in [0.4, 0.5) is 0 Å². The van der Waals surface area contributed by atoms with Gasteiger partial charge in [0.15, 0.2) is 0 Å². The first-order valence-electron chi connectivity index (χ1n) is 5.79. The molecule has 1 atom stereocenters. The van der Waals surface area contributed by atoms with Gasteiger partial charge in [0.25, 0.3) is 0 Å². The van der Waals surface area contributed by atoms with Crippen molar-refractivity contribution in [3.05, 3.63) is 49.0 Å². The first-order valence-corrected chi connectivity index (χ1v) is 8.19. The number of hydrogen-bond acceptors (Lipinski definition) is 4. The van der Waals surface area contributed by atoms with Crippen molar-refractivity contribution in [2.45, 2.75) is 13.0 Å². The molecule has 6 heteroatoms. The fraction of sp³-hybridized carbons (Fsp3) is 0.231. The van der Waals surface area contributed by atoms with E-state index in [9.17, 15) is 0 Å². The molecule has 0 aliphatic rings. The van der Waals surface area contributed by atoms with Crippen molar-refractivity contribution < 1.29 is 4.74 Å². The van der Waals surface area contributed by atoms with Crippen LogP contribution in [0.5, 0.6) is 5.75 Å². The molecule has 0 aliphatic carbocycles. The molecule has 2 aromatic rings. The van der Waals surface area contributed by atoms with E-state index < -0.39 is 0 Å². The van der Waals surface area contributed by atoms with Gasteiger partial charge < -0.3 is 4.74 Å². The van der Waals surface area contributed by atoms with Crippen LogP contribution in [-0.2, 0) is 0 Å². The number of nitrogens with two attached hydrogens (primary N) is 1. The van der Waals surface area contributed by atoms with Gasteiger partial charge in [-0.15, -0.1) is 11.3 Å². The van der Waals surface area contributed by atoms with Crippen LogP contribution >= 0.6 is 43.2 Å². The molecular formula is C13H14Br2N2OS. The molecule has 3 nitrogen and oxygen atoms in total. The van der Waals surface area contributed by atoms with Crippen LogP contribution in [0.2, 0.25) is 0 Å². The molecule has 0 bridgehead atoms. The molecule has 1 aromatic carbocycles. The molecule has 1 unspecified atom stereocenters. The van der Waals surface area contributed by atoms with E-state index in [1.54, 1.807) is 11.3 Å². The summed E-state index contributed by atoms with van der Waals surface area (Å²) in [6.45, 7) is 2.62. The third-order valence-electron chi connectivity index (χ3n) is 2.66. The largest absolute Gasteiger partial charge is 0.494 e. The van der Waals surface area contributed by atoms with Crippen LogP contribution in [0.1, 0.15) is 24.1 Å². The van der Waals surface area contributed by atoms with Gasteiger partial charge in [-0.25, -0.2) is 5.43 Å². The number of halogens is 2. The molecule has 0 spiro atoms. The molecule has 0 saturated heterocycles. The van der Waals surface area contributed by atoms with Gasteiger partial charge in [0, 0.05) is 5.56 Å². The zero-order chi connectivity index (χ0) is 13.8. The summed E-state index contributed by atoms with van der Waals surface area (Å²) < 4.78 is 7.65. The molecule has 19 heavy (non-hydrogen) atoms. The van der Waals surface area contributed by atoms with Crippen LogP contribution in [-0.4, -0.2) is 6.61 Å². The maximum atomic E-state index is 5.72. The van der Waals surface area contributed by atoms with Crippen molar-refractivity contribution in [2.75, 3.05) is 6.61 Å². The molecule has 0 radical (unpaired) electrons. The Bertz CT molecular complexity index is 559. The van der Waals surface area contributed by atoms with Crippen LogP contribution in [0.15, 0.2) is 37.9 Å². The van der Waals surface area contributed by atoms with E-state index in [2.05, 4.69) is 43.4 Å². The Morgan fingerprint density at radius 3 is 2.74 bits per heavy atom. The number of hydrazine groups is 1. The molecule has 2 rings (SSSR count). The zero-order valence-corrected chi connectivity index (χ0v) is 14.3. The predicted molar refractivity (Wildman–Crippen MR) is 86.5 cm³/mol. The second kappa shape index (κ2) is 6.85. The van der Waals surface area contributed by atoms with Crippen LogP contribution < -0.4 is 16.0 Å². The van der Waals surface area contributed by atoms with Gasteiger partial charge in [-0.3, -0.25) is 5.84 Å². The highest BCUT2D eigenvalue weighted by Gasteiger charge is 2.18. The Morgan fingerprint density at radius 2 is 2.16 bits per heavy atom. The molecule has 3 N–H and O–H groups in total. The first kappa shape index (κ1) is 15.0. The van der Waals surface area contributed by atoms with E-state index in [1.165, 1.54) is 0 Å². The van der Waals surface area contributed by atoms with E-state index in [0.717, 1.165) is 24.4 Å². The summed E-state index contributed by atoms with van der Waals surface area (Å²) in [7, 11) is 0. The summed E-state index contributed by atoms with van der Waals surface area (Å²) in [5, 5.41) is 0. The SMILES string of the molecule is CCOc1cccc(C(NN)c2cc(Br)sc2Br)c1. The molecule has 0 saturated carbocycles. The summed E-state index contributed by atoms with van der Waals surface area (Å²) in [6, 6.07) is 9.94. The highest BCUT2D eigenvalue weighted by Crippen LogP contribution is 2.38. The second-order valence-corrected chi connectivity index (χ2v) is 7.63. The van der Waals surface area contributed by atoms with Gasteiger partial charge in [0.2, 0.25) is 0 Å². The lowest BCUT2D eigenvalue weighted by atomic mass is 10.0. The molecule has 1 aromatic heterocycles. The van der Waals surface area contributed by atoms with Crippen LogP contribution in [0, 0.1) is 0 Å². The van der Waals surface area contributed by atoms with Crippen molar-refractivity contribution in [3.63, 3.8) is 0 Å². The highest BCUT2D eigenvalue weighted by molar-refractivity contribution is 9.12. The van der Waals surface area contributed by atoms with Crippen molar-refractivity contribution in [3.8, 4) is 5.75 Å². The Kier molecular flexibility index (Phi) is 5.41. The number of nitrogens with one attached hydrogen (secondary N) is 1. The minimum absolute atomic E-state index is 0.0719. The molecule has 0 fully saturated rings. The van der Waals surface area contributed by atoms with Gasteiger partial charge in [0.05, 0.1) is 20.2 Å². The smallest absolute Gasteiger partial charge is 0.119 e. The Labute approximate surface area is 133 Å². The maximum absolute atomic E-state index is 5.72. The van der Waals surface area contributed by atoms with Gasteiger partial charge in [-0.1, -0.05) is 12.1 Å². The quantitative estimate of drug-likeness (QED) is 0.578. The third kappa shape index (κ3) is 3.58. The zero-order valence-electron chi connectivity index (χ0n) is 10.3. The minimum atomic E-state index is -0.0719. The Balaban J connectivity index is 2.36. The summed E-state index contributed by atoms with van der Waals surface area (Å²) in [6.07, 6.45) is 0. The molecular weight excluding hydrogens is 392 g/mol. The number of thiophene rings is 1. The monoisotopic (exact) mass is 404 g/mol. The average Bonchev–Trinajstić information content (AvgIpc) is 2.71. The van der Waals surface area contributed by atoms with Gasteiger partial charge >= 0.3 is 0 Å². The average molecular weight is 406 g/mol. The normalized spacial score (nSPS) is 12.4. The van der Waals surface area contributed by atoms with Crippen LogP contribution in [0.3, 0.4) is 0 Å².